The zero-order chi connectivity index (χ0) is 20.9. The molecule has 0 saturated carbocycles. The Hall–Kier alpha value is -1.93. The van der Waals surface area contributed by atoms with Crippen molar-refractivity contribution in [1.29, 1.82) is 0 Å². The Balaban J connectivity index is 2.09. The van der Waals surface area contributed by atoms with Gasteiger partial charge in [0.15, 0.2) is 0 Å². The van der Waals surface area contributed by atoms with Crippen LogP contribution in [0.1, 0.15) is 56.8 Å². The van der Waals surface area contributed by atoms with Gasteiger partial charge in [-0.25, -0.2) is 13.2 Å². The lowest BCUT2D eigenvalue weighted by Crippen LogP contribution is -2.49. The number of hydrogen-bond acceptors (Lipinski definition) is 5. The summed E-state index contributed by atoms with van der Waals surface area (Å²) in [5.74, 6) is -0.921. The molecule has 2 rings (SSSR count). The first-order chi connectivity index (χ1) is 13.1. The van der Waals surface area contributed by atoms with Crippen LogP contribution in [0.5, 0.6) is 0 Å². The van der Waals surface area contributed by atoms with Crippen LogP contribution < -0.4 is 5.32 Å². The van der Waals surface area contributed by atoms with Gasteiger partial charge >= 0.3 is 5.97 Å². The maximum atomic E-state index is 13.0. The van der Waals surface area contributed by atoms with Crippen molar-refractivity contribution < 1.29 is 22.7 Å². The summed E-state index contributed by atoms with van der Waals surface area (Å²) in [5.41, 5.74) is -0.250. The number of hydrogen-bond donors (Lipinski definition) is 1. The van der Waals surface area contributed by atoms with Crippen molar-refractivity contribution in [2.45, 2.75) is 56.9 Å². The van der Waals surface area contributed by atoms with E-state index in [9.17, 15) is 18.0 Å². The Bertz CT molecular complexity index is 812. The molecule has 1 N–H and O–H groups in total. The molecule has 0 bridgehead atoms. The number of carbonyl (C=O) groups is 2. The maximum Gasteiger partial charge on any atom is 0.339 e. The highest BCUT2D eigenvalue weighted by Gasteiger charge is 2.35. The summed E-state index contributed by atoms with van der Waals surface area (Å²) in [5, 5.41) is 3.08. The van der Waals surface area contributed by atoms with Gasteiger partial charge in [-0.15, -0.1) is 0 Å². The van der Waals surface area contributed by atoms with Gasteiger partial charge < -0.3 is 10.1 Å². The number of carbonyl (C=O) groups excluding carboxylic acids is 2. The van der Waals surface area contributed by atoms with Crippen molar-refractivity contribution in [2.75, 3.05) is 20.2 Å². The van der Waals surface area contributed by atoms with Crippen LogP contribution in [0.4, 0.5) is 0 Å². The van der Waals surface area contributed by atoms with Crippen LogP contribution in [0, 0.1) is 5.92 Å². The molecule has 0 atom stereocenters. The highest BCUT2D eigenvalue weighted by molar-refractivity contribution is 7.89. The summed E-state index contributed by atoms with van der Waals surface area (Å²) in [4.78, 5) is 24.4. The minimum Gasteiger partial charge on any atom is -0.465 e. The van der Waals surface area contributed by atoms with Crippen LogP contribution in [0.2, 0.25) is 0 Å². The second-order valence-electron chi connectivity index (χ2n) is 7.79. The monoisotopic (exact) mass is 410 g/mol. The third kappa shape index (κ3) is 5.11. The smallest absolute Gasteiger partial charge is 0.339 e. The molecule has 1 aliphatic heterocycles. The lowest BCUT2D eigenvalue weighted by Gasteiger charge is -2.33. The Morgan fingerprint density at radius 2 is 1.82 bits per heavy atom. The van der Waals surface area contributed by atoms with E-state index in [0.717, 1.165) is 12.8 Å². The Labute approximate surface area is 167 Å². The quantitative estimate of drug-likeness (QED) is 0.698. The minimum absolute atomic E-state index is 0.0196. The molecule has 1 saturated heterocycles. The molecular formula is C20H30N2O5S. The third-order valence-electron chi connectivity index (χ3n) is 5.07. The standard InChI is InChI=1S/C20H30N2O5S/c1-5-12-20(2,3)21-18(23)15-10-13-22(14-11-15)28(25,26)17-9-7-6-8-16(17)19(24)27-4/h6-9,15H,5,10-14H2,1-4H3,(H,21,23). The molecule has 0 aromatic heterocycles. The van der Waals surface area contributed by atoms with Gasteiger partial charge in [0.1, 0.15) is 0 Å². The number of ether oxygens (including phenoxy) is 1. The summed E-state index contributed by atoms with van der Waals surface area (Å²) >= 11 is 0. The molecule has 1 aliphatic rings. The fraction of sp³-hybridized carbons (Fsp3) is 0.600. The van der Waals surface area contributed by atoms with Crippen LogP contribution in [-0.4, -0.2) is 50.3 Å². The second kappa shape index (κ2) is 9.05. The fourth-order valence-corrected chi connectivity index (χ4v) is 5.24. The molecule has 0 radical (unpaired) electrons. The molecule has 1 fully saturated rings. The average molecular weight is 411 g/mol. The zero-order valence-electron chi connectivity index (χ0n) is 17.0. The summed E-state index contributed by atoms with van der Waals surface area (Å²) in [6.07, 6.45) is 2.77. The van der Waals surface area contributed by atoms with E-state index in [4.69, 9.17) is 4.74 Å². The van der Waals surface area contributed by atoms with Gasteiger partial charge in [-0.2, -0.15) is 4.31 Å². The molecule has 1 heterocycles. The van der Waals surface area contributed by atoms with Crippen LogP contribution >= 0.6 is 0 Å². The van der Waals surface area contributed by atoms with E-state index in [2.05, 4.69) is 12.2 Å². The average Bonchev–Trinajstić information content (AvgIpc) is 2.67. The van der Waals surface area contributed by atoms with Gasteiger partial charge in [-0.1, -0.05) is 25.5 Å². The fourth-order valence-electron chi connectivity index (χ4n) is 3.59. The number of esters is 1. The minimum atomic E-state index is -3.84. The van der Waals surface area contributed by atoms with Crippen molar-refractivity contribution >= 4 is 21.9 Å². The van der Waals surface area contributed by atoms with Crippen LogP contribution in [0.15, 0.2) is 29.2 Å². The third-order valence-corrected chi connectivity index (χ3v) is 7.03. The highest BCUT2D eigenvalue weighted by atomic mass is 32.2. The number of nitrogens with zero attached hydrogens (tertiary/aromatic N) is 1. The van der Waals surface area contributed by atoms with Crippen LogP contribution in [0.3, 0.4) is 0 Å². The van der Waals surface area contributed by atoms with Crippen LogP contribution in [0.25, 0.3) is 0 Å². The molecule has 0 spiro atoms. The molecule has 1 amide bonds. The van der Waals surface area contributed by atoms with Gasteiger partial charge in [0, 0.05) is 24.5 Å². The molecule has 0 unspecified atom stereocenters. The van der Waals surface area contributed by atoms with Gasteiger partial charge in [-0.3, -0.25) is 4.79 Å². The van der Waals surface area contributed by atoms with E-state index in [1.165, 1.54) is 23.5 Å². The molecule has 0 aliphatic carbocycles. The van der Waals surface area contributed by atoms with Gasteiger partial charge in [-0.05, 0) is 45.2 Å². The van der Waals surface area contributed by atoms with Crippen molar-refractivity contribution in [3.63, 3.8) is 0 Å². The Morgan fingerprint density at radius 1 is 1.21 bits per heavy atom. The van der Waals surface area contributed by atoms with E-state index >= 15 is 0 Å². The number of piperidine rings is 1. The van der Waals surface area contributed by atoms with Crippen molar-refractivity contribution in [3.8, 4) is 0 Å². The predicted molar refractivity (Wildman–Crippen MR) is 106 cm³/mol. The first-order valence-corrected chi connectivity index (χ1v) is 11.1. The maximum absolute atomic E-state index is 13.0. The summed E-state index contributed by atoms with van der Waals surface area (Å²) in [7, 11) is -2.62. The topological polar surface area (TPSA) is 92.8 Å². The molecule has 156 valence electrons. The number of rotatable bonds is 7. The molecule has 7 nitrogen and oxygen atoms in total. The van der Waals surface area contributed by atoms with E-state index in [1.54, 1.807) is 12.1 Å². The summed E-state index contributed by atoms with van der Waals surface area (Å²) < 4.78 is 32.1. The van der Waals surface area contributed by atoms with E-state index < -0.39 is 16.0 Å². The van der Waals surface area contributed by atoms with Gasteiger partial charge in [0.2, 0.25) is 15.9 Å². The van der Waals surface area contributed by atoms with E-state index in [-0.39, 0.29) is 40.9 Å². The number of amides is 1. The van der Waals surface area contributed by atoms with E-state index in [1.807, 2.05) is 13.8 Å². The van der Waals surface area contributed by atoms with E-state index in [0.29, 0.717) is 12.8 Å². The zero-order valence-corrected chi connectivity index (χ0v) is 17.8. The lowest BCUT2D eigenvalue weighted by atomic mass is 9.93. The Kier molecular flexibility index (Phi) is 7.22. The lowest BCUT2D eigenvalue weighted by molar-refractivity contribution is -0.127. The number of sulfonamides is 1. The van der Waals surface area contributed by atoms with Crippen molar-refractivity contribution in [3.05, 3.63) is 29.8 Å². The SMILES string of the molecule is CCCC(C)(C)NC(=O)C1CCN(S(=O)(=O)c2ccccc2C(=O)OC)CC1. The summed E-state index contributed by atoms with van der Waals surface area (Å²) in [6.45, 7) is 6.55. The number of benzene rings is 1. The normalized spacial score (nSPS) is 16.6. The van der Waals surface area contributed by atoms with Gasteiger partial charge in [0.05, 0.1) is 17.6 Å². The highest BCUT2D eigenvalue weighted by Crippen LogP contribution is 2.27. The van der Waals surface area contributed by atoms with Crippen molar-refractivity contribution in [1.82, 2.24) is 9.62 Å². The molecule has 28 heavy (non-hydrogen) atoms. The molecular weight excluding hydrogens is 380 g/mol. The second-order valence-corrected chi connectivity index (χ2v) is 9.70. The number of nitrogens with one attached hydrogen (secondary N) is 1. The largest absolute Gasteiger partial charge is 0.465 e. The predicted octanol–water partition coefficient (Wildman–Crippen LogP) is 2.57. The Morgan fingerprint density at radius 3 is 2.39 bits per heavy atom. The molecule has 1 aromatic carbocycles. The van der Waals surface area contributed by atoms with Crippen LogP contribution in [-0.2, 0) is 19.6 Å². The summed E-state index contributed by atoms with van der Waals surface area (Å²) in [6, 6.07) is 6.03. The van der Waals surface area contributed by atoms with Gasteiger partial charge in [0.25, 0.3) is 0 Å². The first-order valence-electron chi connectivity index (χ1n) is 9.62. The van der Waals surface area contributed by atoms with Crippen molar-refractivity contribution in [2.24, 2.45) is 5.92 Å². The molecule has 8 heteroatoms. The number of methoxy groups -OCH3 is 1. The first kappa shape index (κ1) is 22.4. The molecule has 1 aromatic rings.